The third kappa shape index (κ3) is 1.98. The van der Waals surface area contributed by atoms with Crippen LogP contribution in [0.3, 0.4) is 0 Å². The average Bonchev–Trinajstić information content (AvgIpc) is 2.94. The Kier molecular flexibility index (Phi) is 3.36. The molecule has 0 aromatic carbocycles. The lowest BCUT2D eigenvalue weighted by atomic mass is 10.1. The van der Waals surface area contributed by atoms with Gasteiger partial charge in [0.1, 0.15) is 0 Å². The lowest BCUT2D eigenvalue weighted by Crippen LogP contribution is -2.40. The highest BCUT2D eigenvalue weighted by atomic mass is 16.4. The number of amides is 1. The van der Waals surface area contributed by atoms with Crippen LogP contribution in [0.2, 0.25) is 0 Å². The fourth-order valence-corrected chi connectivity index (χ4v) is 2.58. The topological polar surface area (TPSA) is 86.3 Å². The molecule has 98 valence electrons. The van der Waals surface area contributed by atoms with Gasteiger partial charge in [-0.05, 0) is 26.2 Å². The predicted molar refractivity (Wildman–Crippen MR) is 64.5 cm³/mol. The van der Waals surface area contributed by atoms with Gasteiger partial charge in [0.15, 0.2) is 11.4 Å². The van der Waals surface area contributed by atoms with E-state index in [-0.39, 0.29) is 29.4 Å². The fraction of sp³-hybridized carbons (Fsp3) is 0.583. The minimum absolute atomic E-state index is 0.00898. The molecule has 0 aliphatic carbocycles. The van der Waals surface area contributed by atoms with E-state index in [4.69, 9.17) is 5.11 Å². The molecule has 1 saturated heterocycles. The summed E-state index contributed by atoms with van der Waals surface area (Å²) in [7, 11) is 0. The lowest BCUT2D eigenvalue weighted by Gasteiger charge is -2.27. The highest BCUT2D eigenvalue weighted by Gasteiger charge is 2.36. The minimum Gasteiger partial charge on any atom is -0.477 e. The standard InChI is InChI=1S/C12H17N3O3/c1-3-8-5-4-7(2)15(8)11(16)9-10(12(17)18)14-6-13-9/h6-8H,3-5H2,1-2H3,(H,13,14)(H,17,18). The Labute approximate surface area is 105 Å². The molecule has 2 heterocycles. The fourth-order valence-electron chi connectivity index (χ4n) is 2.58. The summed E-state index contributed by atoms with van der Waals surface area (Å²) >= 11 is 0. The molecule has 0 spiro atoms. The van der Waals surface area contributed by atoms with Gasteiger partial charge in [0.25, 0.3) is 5.91 Å². The maximum atomic E-state index is 12.4. The van der Waals surface area contributed by atoms with Gasteiger partial charge in [0.05, 0.1) is 6.33 Å². The number of aromatic carboxylic acids is 1. The van der Waals surface area contributed by atoms with Crippen molar-refractivity contribution in [1.29, 1.82) is 0 Å². The molecule has 1 aromatic heterocycles. The molecular formula is C12H17N3O3. The summed E-state index contributed by atoms with van der Waals surface area (Å²) in [6.45, 7) is 4.02. The van der Waals surface area contributed by atoms with Crippen molar-refractivity contribution in [3.63, 3.8) is 0 Å². The molecule has 2 rings (SSSR count). The number of nitrogens with one attached hydrogen (secondary N) is 1. The quantitative estimate of drug-likeness (QED) is 0.852. The Morgan fingerprint density at radius 1 is 1.56 bits per heavy atom. The third-order valence-corrected chi connectivity index (χ3v) is 3.55. The number of aromatic amines is 1. The van der Waals surface area contributed by atoms with E-state index in [0.29, 0.717) is 0 Å². The molecule has 2 N–H and O–H groups in total. The number of carboxylic acid groups (broad SMARTS) is 1. The van der Waals surface area contributed by atoms with E-state index >= 15 is 0 Å². The Balaban J connectivity index is 2.30. The second-order valence-electron chi connectivity index (χ2n) is 4.63. The molecular weight excluding hydrogens is 234 g/mol. The molecule has 1 amide bonds. The van der Waals surface area contributed by atoms with Crippen molar-refractivity contribution in [1.82, 2.24) is 14.9 Å². The van der Waals surface area contributed by atoms with E-state index in [1.807, 2.05) is 13.8 Å². The summed E-state index contributed by atoms with van der Waals surface area (Å²) < 4.78 is 0. The number of H-pyrrole nitrogens is 1. The zero-order chi connectivity index (χ0) is 13.3. The van der Waals surface area contributed by atoms with E-state index in [1.54, 1.807) is 4.90 Å². The van der Waals surface area contributed by atoms with Crippen LogP contribution in [0.5, 0.6) is 0 Å². The summed E-state index contributed by atoms with van der Waals surface area (Å²) in [5.74, 6) is -1.44. The van der Waals surface area contributed by atoms with Crippen LogP contribution in [0.15, 0.2) is 6.33 Å². The monoisotopic (exact) mass is 251 g/mol. The van der Waals surface area contributed by atoms with Crippen molar-refractivity contribution >= 4 is 11.9 Å². The average molecular weight is 251 g/mol. The predicted octanol–water partition coefficient (Wildman–Crippen LogP) is 1.51. The largest absolute Gasteiger partial charge is 0.477 e. The molecule has 2 atom stereocenters. The zero-order valence-electron chi connectivity index (χ0n) is 10.5. The lowest BCUT2D eigenvalue weighted by molar-refractivity contribution is 0.0635. The van der Waals surface area contributed by atoms with Gasteiger partial charge in [-0.25, -0.2) is 9.78 Å². The van der Waals surface area contributed by atoms with Crippen molar-refractivity contribution in [2.24, 2.45) is 0 Å². The molecule has 0 saturated carbocycles. The van der Waals surface area contributed by atoms with Crippen LogP contribution in [0.1, 0.15) is 54.1 Å². The number of hydrogen-bond donors (Lipinski definition) is 2. The van der Waals surface area contributed by atoms with Gasteiger partial charge >= 0.3 is 5.97 Å². The molecule has 18 heavy (non-hydrogen) atoms. The van der Waals surface area contributed by atoms with Crippen molar-refractivity contribution in [3.05, 3.63) is 17.7 Å². The second kappa shape index (κ2) is 4.80. The molecule has 0 radical (unpaired) electrons. The number of likely N-dealkylation sites (tertiary alicyclic amines) is 1. The number of carbonyl (C=O) groups excluding carboxylic acids is 1. The SMILES string of the molecule is CCC1CCC(C)N1C(=O)c1nc[nH]c1C(=O)O. The van der Waals surface area contributed by atoms with E-state index < -0.39 is 5.97 Å². The number of aromatic nitrogens is 2. The van der Waals surface area contributed by atoms with Crippen LogP contribution in [-0.2, 0) is 0 Å². The molecule has 6 heteroatoms. The number of rotatable bonds is 3. The Bertz CT molecular complexity index is 469. The summed E-state index contributed by atoms with van der Waals surface area (Å²) in [6, 6.07) is 0.326. The highest BCUT2D eigenvalue weighted by Crippen LogP contribution is 2.27. The van der Waals surface area contributed by atoms with E-state index in [0.717, 1.165) is 19.3 Å². The first-order chi connectivity index (χ1) is 8.56. The molecule has 6 nitrogen and oxygen atoms in total. The van der Waals surface area contributed by atoms with Crippen molar-refractivity contribution in [3.8, 4) is 0 Å². The summed E-state index contributed by atoms with van der Waals surface area (Å²) in [5.41, 5.74) is -0.122. The normalized spacial score (nSPS) is 23.3. The first-order valence-electron chi connectivity index (χ1n) is 6.15. The maximum Gasteiger partial charge on any atom is 0.354 e. The molecule has 0 bridgehead atoms. The van der Waals surface area contributed by atoms with Crippen LogP contribution in [0, 0.1) is 0 Å². The van der Waals surface area contributed by atoms with Crippen LogP contribution in [0.4, 0.5) is 0 Å². The van der Waals surface area contributed by atoms with Crippen molar-refractivity contribution < 1.29 is 14.7 Å². The van der Waals surface area contributed by atoms with Gasteiger partial charge in [0, 0.05) is 12.1 Å². The second-order valence-corrected chi connectivity index (χ2v) is 4.63. The van der Waals surface area contributed by atoms with Gasteiger partial charge in [-0.2, -0.15) is 0 Å². The van der Waals surface area contributed by atoms with Gasteiger partial charge in [-0.1, -0.05) is 6.92 Å². The third-order valence-electron chi connectivity index (χ3n) is 3.55. The highest BCUT2D eigenvalue weighted by molar-refractivity contribution is 6.02. The smallest absolute Gasteiger partial charge is 0.354 e. The molecule has 1 aliphatic heterocycles. The van der Waals surface area contributed by atoms with E-state index in [2.05, 4.69) is 9.97 Å². The Morgan fingerprint density at radius 3 is 2.89 bits per heavy atom. The van der Waals surface area contributed by atoms with Crippen LogP contribution < -0.4 is 0 Å². The Morgan fingerprint density at radius 2 is 2.28 bits per heavy atom. The zero-order valence-corrected chi connectivity index (χ0v) is 10.5. The van der Waals surface area contributed by atoms with Crippen LogP contribution in [-0.4, -0.2) is 43.9 Å². The number of nitrogens with zero attached hydrogens (tertiary/aromatic N) is 2. The summed E-state index contributed by atoms with van der Waals surface area (Å²) in [4.78, 5) is 31.5. The number of carboxylic acids is 1. The van der Waals surface area contributed by atoms with Crippen LogP contribution in [0.25, 0.3) is 0 Å². The molecule has 1 fully saturated rings. The first-order valence-corrected chi connectivity index (χ1v) is 6.15. The maximum absolute atomic E-state index is 12.4. The van der Waals surface area contributed by atoms with Gasteiger partial charge in [-0.15, -0.1) is 0 Å². The number of hydrogen-bond acceptors (Lipinski definition) is 3. The minimum atomic E-state index is -1.16. The molecule has 2 unspecified atom stereocenters. The molecule has 1 aromatic rings. The van der Waals surface area contributed by atoms with Crippen molar-refractivity contribution in [2.45, 2.75) is 45.2 Å². The summed E-state index contributed by atoms with van der Waals surface area (Å²) in [6.07, 6.45) is 4.05. The molecule has 1 aliphatic rings. The Hall–Kier alpha value is -1.85. The number of carbonyl (C=O) groups is 2. The first kappa shape index (κ1) is 12.6. The van der Waals surface area contributed by atoms with Gasteiger partial charge < -0.3 is 15.0 Å². The summed E-state index contributed by atoms with van der Waals surface area (Å²) in [5, 5.41) is 8.99. The van der Waals surface area contributed by atoms with Gasteiger partial charge in [0.2, 0.25) is 0 Å². The van der Waals surface area contributed by atoms with Gasteiger partial charge in [-0.3, -0.25) is 4.79 Å². The van der Waals surface area contributed by atoms with E-state index in [9.17, 15) is 9.59 Å². The van der Waals surface area contributed by atoms with E-state index in [1.165, 1.54) is 6.33 Å². The number of imidazole rings is 1. The van der Waals surface area contributed by atoms with Crippen LogP contribution >= 0.6 is 0 Å². The van der Waals surface area contributed by atoms with Crippen molar-refractivity contribution in [2.75, 3.05) is 0 Å².